The molecule has 0 atom stereocenters. The molecule has 0 saturated carbocycles. The van der Waals surface area contributed by atoms with Crippen molar-refractivity contribution in [1.29, 1.82) is 0 Å². The van der Waals surface area contributed by atoms with Gasteiger partial charge in [0.2, 0.25) is 6.61 Å². The number of carbonyl (C=O) groups excluding carboxylic acids is 1. The standard InChI is InChI=1S/C6H10NO3/c1-3-7-10-5-6(8)9-4-2/h3H,1,4-5H2,2H3/b7-3-. The van der Waals surface area contributed by atoms with Gasteiger partial charge < -0.3 is 9.57 Å². The Balaban J connectivity index is 3.21. The predicted octanol–water partition coefficient (Wildman–Crippen LogP) is 0.386. The third-order valence-corrected chi connectivity index (χ3v) is 0.637. The van der Waals surface area contributed by atoms with Gasteiger partial charge in [-0.25, -0.2) is 4.79 Å². The second kappa shape index (κ2) is 6.07. The van der Waals surface area contributed by atoms with Crippen molar-refractivity contribution in [3.63, 3.8) is 0 Å². The predicted molar refractivity (Wildman–Crippen MR) is 36.4 cm³/mol. The largest absolute Gasteiger partial charge is 0.463 e. The summed E-state index contributed by atoms with van der Waals surface area (Å²) in [6.45, 7) is 5.19. The van der Waals surface area contributed by atoms with Crippen LogP contribution in [0.15, 0.2) is 5.16 Å². The van der Waals surface area contributed by atoms with Crippen LogP contribution in [-0.2, 0) is 14.4 Å². The molecule has 4 nitrogen and oxygen atoms in total. The molecule has 0 heterocycles. The van der Waals surface area contributed by atoms with E-state index < -0.39 is 5.97 Å². The van der Waals surface area contributed by atoms with Crippen molar-refractivity contribution in [2.24, 2.45) is 5.16 Å². The maximum Gasteiger partial charge on any atom is 0.347 e. The van der Waals surface area contributed by atoms with Crippen molar-refractivity contribution in [2.75, 3.05) is 13.2 Å². The van der Waals surface area contributed by atoms with Gasteiger partial charge in [0.1, 0.15) is 0 Å². The molecule has 0 amide bonds. The molecule has 0 fully saturated rings. The summed E-state index contributed by atoms with van der Waals surface area (Å²) in [5, 5.41) is 3.26. The van der Waals surface area contributed by atoms with E-state index >= 15 is 0 Å². The summed E-state index contributed by atoms with van der Waals surface area (Å²) in [6, 6.07) is 0. The highest BCUT2D eigenvalue weighted by Crippen LogP contribution is 1.80. The topological polar surface area (TPSA) is 47.9 Å². The van der Waals surface area contributed by atoms with Crippen molar-refractivity contribution in [2.45, 2.75) is 6.92 Å². The number of hydrogen-bond acceptors (Lipinski definition) is 4. The molecule has 0 saturated heterocycles. The van der Waals surface area contributed by atoms with Gasteiger partial charge in [0.05, 0.1) is 6.61 Å². The van der Waals surface area contributed by atoms with Crippen LogP contribution in [0.25, 0.3) is 0 Å². The first kappa shape index (κ1) is 8.94. The minimum atomic E-state index is -0.423. The molecule has 0 spiro atoms. The number of rotatable bonds is 4. The van der Waals surface area contributed by atoms with Gasteiger partial charge in [-0.1, -0.05) is 5.16 Å². The van der Waals surface area contributed by atoms with E-state index in [-0.39, 0.29) is 6.61 Å². The van der Waals surface area contributed by atoms with Crippen molar-refractivity contribution in [3.8, 4) is 0 Å². The lowest BCUT2D eigenvalue weighted by Gasteiger charge is -1.98. The summed E-state index contributed by atoms with van der Waals surface area (Å²) in [4.78, 5) is 14.9. The summed E-state index contributed by atoms with van der Waals surface area (Å²) in [5.41, 5.74) is 0. The molecule has 0 aromatic rings. The fourth-order valence-electron chi connectivity index (χ4n) is 0.345. The van der Waals surface area contributed by atoms with Crippen molar-refractivity contribution < 1.29 is 14.4 Å². The number of nitrogens with zero attached hydrogens (tertiary/aromatic N) is 1. The average molecular weight is 144 g/mol. The quantitative estimate of drug-likeness (QED) is 0.325. The zero-order valence-corrected chi connectivity index (χ0v) is 5.87. The van der Waals surface area contributed by atoms with E-state index in [1.807, 2.05) is 0 Å². The maximum absolute atomic E-state index is 10.5. The van der Waals surface area contributed by atoms with Crippen LogP contribution < -0.4 is 0 Å². The zero-order valence-electron chi connectivity index (χ0n) is 5.87. The fraction of sp³-hybridized carbons (Fsp3) is 0.500. The molecular weight excluding hydrogens is 134 g/mol. The first-order valence-electron chi connectivity index (χ1n) is 2.90. The van der Waals surface area contributed by atoms with Crippen molar-refractivity contribution in [3.05, 3.63) is 6.92 Å². The Morgan fingerprint density at radius 1 is 1.80 bits per heavy atom. The number of hydrogen-bond donors (Lipinski definition) is 0. The SMILES string of the molecule is [CH2]/C=N\OCC(=O)OCC. The molecule has 0 N–H and O–H groups in total. The Morgan fingerprint density at radius 3 is 3.00 bits per heavy atom. The normalized spacial score (nSPS) is 9.80. The van der Waals surface area contributed by atoms with Crippen molar-refractivity contribution >= 4 is 12.2 Å². The summed E-state index contributed by atoms with van der Waals surface area (Å²) in [7, 11) is 0. The van der Waals surface area contributed by atoms with E-state index in [1.54, 1.807) is 6.92 Å². The van der Waals surface area contributed by atoms with Crippen LogP contribution in [0.4, 0.5) is 0 Å². The van der Waals surface area contributed by atoms with E-state index in [0.29, 0.717) is 6.61 Å². The molecule has 0 unspecified atom stereocenters. The molecule has 57 valence electrons. The van der Waals surface area contributed by atoms with Gasteiger partial charge in [0.25, 0.3) is 0 Å². The van der Waals surface area contributed by atoms with Crippen LogP contribution in [-0.4, -0.2) is 25.4 Å². The lowest BCUT2D eigenvalue weighted by atomic mass is 10.7. The first-order chi connectivity index (χ1) is 4.81. The molecule has 0 aromatic carbocycles. The molecule has 0 aliphatic carbocycles. The number of esters is 1. The Morgan fingerprint density at radius 2 is 2.50 bits per heavy atom. The minimum Gasteiger partial charge on any atom is -0.463 e. The monoisotopic (exact) mass is 144 g/mol. The summed E-state index contributed by atoms with van der Waals surface area (Å²) >= 11 is 0. The third kappa shape index (κ3) is 5.08. The second-order valence-corrected chi connectivity index (χ2v) is 1.37. The summed E-state index contributed by atoms with van der Waals surface area (Å²) in [5.74, 6) is -0.423. The van der Waals surface area contributed by atoms with Crippen LogP contribution in [0.3, 0.4) is 0 Å². The van der Waals surface area contributed by atoms with Gasteiger partial charge in [-0.2, -0.15) is 0 Å². The van der Waals surface area contributed by atoms with E-state index in [4.69, 9.17) is 0 Å². The molecule has 0 rings (SSSR count). The lowest BCUT2D eigenvalue weighted by Crippen LogP contribution is -2.10. The van der Waals surface area contributed by atoms with E-state index in [0.717, 1.165) is 0 Å². The summed E-state index contributed by atoms with van der Waals surface area (Å²) in [6.07, 6.45) is 1.21. The van der Waals surface area contributed by atoms with Crippen LogP contribution in [0.5, 0.6) is 0 Å². The van der Waals surface area contributed by atoms with Gasteiger partial charge >= 0.3 is 5.97 Å². The van der Waals surface area contributed by atoms with Crippen molar-refractivity contribution in [1.82, 2.24) is 0 Å². The molecular formula is C6H10NO3. The highest BCUT2D eigenvalue weighted by Gasteiger charge is 1.98. The number of ether oxygens (including phenoxy) is 1. The van der Waals surface area contributed by atoms with E-state index in [9.17, 15) is 4.79 Å². The average Bonchev–Trinajstić information content (AvgIpc) is 1.89. The van der Waals surface area contributed by atoms with E-state index in [1.165, 1.54) is 6.21 Å². The minimum absolute atomic E-state index is 0.153. The maximum atomic E-state index is 10.5. The Bertz CT molecular complexity index is 122. The smallest absolute Gasteiger partial charge is 0.347 e. The molecule has 0 bridgehead atoms. The lowest BCUT2D eigenvalue weighted by molar-refractivity contribution is -0.148. The third-order valence-electron chi connectivity index (χ3n) is 0.637. The first-order valence-corrected chi connectivity index (χ1v) is 2.90. The highest BCUT2D eigenvalue weighted by molar-refractivity contribution is 5.70. The fourth-order valence-corrected chi connectivity index (χ4v) is 0.345. The van der Waals surface area contributed by atoms with Gasteiger partial charge in [-0.05, 0) is 13.8 Å². The Labute approximate surface area is 59.8 Å². The molecule has 0 aliphatic heterocycles. The summed E-state index contributed by atoms with van der Waals surface area (Å²) < 4.78 is 4.53. The highest BCUT2D eigenvalue weighted by atomic mass is 16.6. The Kier molecular flexibility index (Phi) is 5.42. The molecule has 1 radical (unpaired) electrons. The van der Waals surface area contributed by atoms with Gasteiger partial charge in [0.15, 0.2) is 0 Å². The molecule has 0 aromatic heterocycles. The number of carbonyl (C=O) groups is 1. The van der Waals surface area contributed by atoms with Crippen LogP contribution >= 0.6 is 0 Å². The molecule has 10 heavy (non-hydrogen) atoms. The molecule has 0 aliphatic rings. The van der Waals surface area contributed by atoms with Gasteiger partial charge in [-0.15, -0.1) is 0 Å². The Hall–Kier alpha value is -1.06. The molecule has 4 heteroatoms. The van der Waals surface area contributed by atoms with Crippen LogP contribution in [0.2, 0.25) is 0 Å². The zero-order chi connectivity index (χ0) is 7.82. The van der Waals surface area contributed by atoms with Crippen LogP contribution in [0.1, 0.15) is 6.92 Å². The number of oxime groups is 1. The second-order valence-electron chi connectivity index (χ2n) is 1.37. The van der Waals surface area contributed by atoms with Crippen LogP contribution in [0, 0.1) is 6.92 Å². The van der Waals surface area contributed by atoms with Gasteiger partial charge in [-0.3, -0.25) is 0 Å². The van der Waals surface area contributed by atoms with E-state index in [2.05, 4.69) is 21.7 Å². The van der Waals surface area contributed by atoms with Gasteiger partial charge in [0, 0.05) is 6.21 Å².